The van der Waals surface area contributed by atoms with Gasteiger partial charge in [0.2, 0.25) is 0 Å². The van der Waals surface area contributed by atoms with Gasteiger partial charge in [-0.3, -0.25) is 0 Å². The lowest BCUT2D eigenvalue weighted by molar-refractivity contribution is 0.757. The van der Waals surface area contributed by atoms with Crippen LogP contribution in [0.4, 0.5) is 0 Å². The average Bonchev–Trinajstić information content (AvgIpc) is 2.41. The maximum Gasteiger partial charge on any atom is 0.140 e. The average molecular weight is 173 g/mol. The van der Waals surface area contributed by atoms with Gasteiger partial charge in [-0.15, -0.1) is 0 Å². The molecule has 0 aromatic carbocycles. The molecule has 2 aromatic heterocycles. The summed E-state index contributed by atoms with van der Waals surface area (Å²) < 4.78 is 2.23. The van der Waals surface area contributed by atoms with Crippen molar-refractivity contribution in [1.29, 1.82) is 0 Å². The SMILES string of the molecule is CCn1c(C)c(C)c2c[c]cnc21. The van der Waals surface area contributed by atoms with Crippen molar-refractivity contribution < 1.29 is 0 Å². The highest BCUT2D eigenvalue weighted by Gasteiger charge is 2.08. The first kappa shape index (κ1) is 8.30. The molecule has 0 N–H and O–H groups in total. The van der Waals surface area contributed by atoms with Gasteiger partial charge >= 0.3 is 0 Å². The van der Waals surface area contributed by atoms with E-state index < -0.39 is 0 Å². The zero-order chi connectivity index (χ0) is 9.42. The van der Waals surface area contributed by atoms with Gasteiger partial charge in [0.05, 0.1) is 0 Å². The van der Waals surface area contributed by atoms with E-state index in [2.05, 4.69) is 36.4 Å². The molecule has 2 heterocycles. The Balaban J connectivity index is 2.90. The van der Waals surface area contributed by atoms with Gasteiger partial charge in [-0.2, -0.15) is 0 Å². The monoisotopic (exact) mass is 173 g/mol. The van der Waals surface area contributed by atoms with Crippen molar-refractivity contribution >= 4 is 11.0 Å². The van der Waals surface area contributed by atoms with Crippen molar-refractivity contribution in [2.45, 2.75) is 27.3 Å². The predicted octanol–water partition coefficient (Wildman–Crippen LogP) is 2.47. The first-order valence-electron chi connectivity index (χ1n) is 4.57. The summed E-state index contributed by atoms with van der Waals surface area (Å²) in [5.74, 6) is 0. The second-order valence-electron chi connectivity index (χ2n) is 3.26. The Kier molecular flexibility index (Phi) is 1.83. The predicted molar refractivity (Wildman–Crippen MR) is 53.7 cm³/mol. The fourth-order valence-electron chi connectivity index (χ4n) is 1.79. The van der Waals surface area contributed by atoms with Crippen LogP contribution in [0.2, 0.25) is 0 Å². The van der Waals surface area contributed by atoms with Crippen LogP contribution in [0.25, 0.3) is 11.0 Å². The number of hydrogen-bond acceptors (Lipinski definition) is 1. The summed E-state index contributed by atoms with van der Waals surface area (Å²) in [6, 6.07) is 5.03. The van der Waals surface area contributed by atoms with Crippen LogP contribution in [-0.4, -0.2) is 9.55 Å². The molecule has 0 unspecified atom stereocenters. The van der Waals surface area contributed by atoms with Gasteiger partial charge in [0, 0.05) is 29.9 Å². The van der Waals surface area contributed by atoms with Crippen molar-refractivity contribution in [2.24, 2.45) is 0 Å². The number of aromatic nitrogens is 2. The van der Waals surface area contributed by atoms with E-state index in [0.29, 0.717) is 0 Å². The maximum atomic E-state index is 4.34. The Labute approximate surface area is 78.2 Å². The number of hydrogen-bond donors (Lipinski definition) is 0. The minimum Gasteiger partial charge on any atom is -0.330 e. The zero-order valence-corrected chi connectivity index (χ0v) is 8.26. The van der Waals surface area contributed by atoms with Gasteiger partial charge in [-0.1, -0.05) is 0 Å². The largest absolute Gasteiger partial charge is 0.330 e. The van der Waals surface area contributed by atoms with E-state index in [9.17, 15) is 0 Å². The molecule has 0 fully saturated rings. The highest BCUT2D eigenvalue weighted by Crippen LogP contribution is 2.22. The molecule has 67 valence electrons. The Morgan fingerprint density at radius 1 is 1.46 bits per heavy atom. The summed E-state index contributed by atoms with van der Waals surface area (Å²) in [5.41, 5.74) is 3.71. The molecule has 0 amide bonds. The Bertz CT molecular complexity index is 441. The van der Waals surface area contributed by atoms with E-state index in [1.807, 2.05) is 6.07 Å². The summed E-state index contributed by atoms with van der Waals surface area (Å²) in [6.07, 6.45) is 1.73. The quantitative estimate of drug-likeness (QED) is 0.647. The van der Waals surface area contributed by atoms with Crippen LogP contribution in [0, 0.1) is 19.9 Å². The summed E-state index contributed by atoms with van der Waals surface area (Å²) in [7, 11) is 0. The van der Waals surface area contributed by atoms with Crippen LogP contribution in [-0.2, 0) is 6.54 Å². The van der Waals surface area contributed by atoms with Gasteiger partial charge in [-0.25, -0.2) is 4.98 Å². The molecule has 2 heteroatoms. The Hall–Kier alpha value is -1.31. The molecule has 13 heavy (non-hydrogen) atoms. The molecular formula is C11H13N2. The van der Waals surface area contributed by atoms with Crippen LogP contribution in [0.3, 0.4) is 0 Å². The lowest BCUT2D eigenvalue weighted by atomic mass is 10.2. The molecule has 2 nitrogen and oxygen atoms in total. The Morgan fingerprint density at radius 3 is 2.92 bits per heavy atom. The molecule has 1 radical (unpaired) electrons. The molecule has 0 aliphatic carbocycles. The highest BCUT2D eigenvalue weighted by molar-refractivity contribution is 5.81. The molecule has 2 rings (SSSR count). The zero-order valence-electron chi connectivity index (χ0n) is 8.26. The molecule has 0 aliphatic heterocycles. The lowest BCUT2D eigenvalue weighted by Gasteiger charge is -2.01. The second-order valence-corrected chi connectivity index (χ2v) is 3.26. The van der Waals surface area contributed by atoms with E-state index in [0.717, 1.165) is 12.2 Å². The first-order valence-corrected chi connectivity index (χ1v) is 4.57. The minimum absolute atomic E-state index is 0.979. The molecule has 0 aliphatic rings. The third-order valence-corrected chi connectivity index (χ3v) is 2.65. The third-order valence-electron chi connectivity index (χ3n) is 2.65. The lowest BCUT2D eigenvalue weighted by Crippen LogP contribution is -1.97. The topological polar surface area (TPSA) is 17.8 Å². The summed E-state index contributed by atoms with van der Waals surface area (Å²) in [6.45, 7) is 7.40. The van der Waals surface area contributed by atoms with Crippen LogP contribution >= 0.6 is 0 Å². The van der Waals surface area contributed by atoms with Crippen molar-refractivity contribution in [3.8, 4) is 0 Å². The highest BCUT2D eigenvalue weighted by atomic mass is 15.0. The van der Waals surface area contributed by atoms with E-state index in [1.165, 1.54) is 16.6 Å². The van der Waals surface area contributed by atoms with Crippen molar-refractivity contribution in [3.63, 3.8) is 0 Å². The first-order chi connectivity index (χ1) is 6.25. The van der Waals surface area contributed by atoms with Crippen molar-refractivity contribution in [1.82, 2.24) is 9.55 Å². The fourth-order valence-corrected chi connectivity index (χ4v) is 1.79. The smallest absolute Gasteiger partial charge is 0.140 e. The van der Waals surface area contributed by atoms with E-state index in [4.69, 9.17) is 0 Å². The Morgan fingerprint density at radius 2 is 2.23 bits per heavy atom. The minimum atomic E-state index is 0.979. The van der Waals surface area contributed by atoms with E-state index >= 15 is 0 Å². The summed E-state index contributed by atoms with van der Waals surface area (Å²) >= 11 is 0. The number of fused-ring (bicyclic) bond motifs is 1. The normalized spacial score (nSPS) is 11.0. The van der Waals surface area contributed by atoms with E-state index in [-0.39, 0.29) is 0 Å². The van der Waals surface area contributed by atoms with E-state index in [1.54, 1.807) is 6.20 Å². The van der Waals surface area contributed by atoms with Crippen LogP contribution in [0.15, 0.2) is 12.3 Å². The fraction of sp³-hybridized carbons (Fsp3) is 0.364. The summed E-state index contributed by atoms with van der Waals surface area (Å²) in [5, 5.41) is 1.22. The van der Waals surface area contributed by atoms with Crippen LogP contribution in [0.5, 0.6) is 0 Å². The van der Waals surface area contributed by atoms with Crippen LogP contribution in [0.1, 0.15) is 18.2 Å². The second kappa shape index (κ2) is 2.87. The number of rotatable bonds is 1. The number of nitrogens with zero attached hydrogens (tertiary/aromatic N) is 2. The molecule has 0 saturated heterocycles. The molecule has 2 aromatic rings. The molecule has 0 spiro atoms. The molecular weight excluding hydrogens is 160 g/mol. The van der Waals surface area contributed by atoms with Crippen molar-refractivity contribution in [3.05, 3.63) is 29.6 Å². The van der Waals surface area contributed by atoms with Gasteiger partial charge in [0.25, 0.3) is 0 Å². The third kappa shape index (κ3) is 1.05. The van der Waals surface area contributed by atoms with Gasteiger partial charge in [-0.05, 0) is 32.4 Å². The standard InChI is InChI=1S/C11H13N2/c1-4-13-9(3)8(2)10-6-5-7-12-11(10)13/h6-7H,4H2,1-3H3. The molecule has 0 atom stereocenters. The van der Waals surface area contributed by atoms with Crippen LogP contribution < -0.4 is 0 Å². The number of aryl methyl sites for hydroxylation is 2. The van der Waals surface area contributed by atoms with Gasteiger partial charge in [0.1, 0.15) is 5.65 Å². The maximum absolute atomic E-state index is 4.34. The molecule has 0 saturated carbocycles. The van der Waals surface area contributed by atoms with Crippen molar-refractivity contribution in [2.75, 3.05) is 0 Å². The van der Waals surface area contributed by atoms with Gasteiger partial charge in [0.15, 0.2) is 0 Å². The summed E-state index contributed by atoms with van der Waals surface area (Å²) in [4.78, 5) is 4.34. The molecule has 0 bridgehead atoms. The van der Waals surface area contributed by atoms with Gasteiger partial charge < -0.3 is 4.57 Å². The number of pyridine rings is 1.